The number of aliphatic carboxylic acids is 1. The first-order chi connectivity index (χ1) is 6.77. The molecule has 0 saturated heterocycles. The van der Waals surface area contributed by atoms with Gasteiger partial charge in [0.25, 0.3) is 0 Å². The van der Waals surface area contributed by atoms with Gasteiger partial charge in [-0.1, -0.05) is 12.1 Å². The van der Waals surface area contributed by atoms with Crippen LogP contribution in [0.1, 0.15) is 11.1 Å². The topological polar surface area (TPSA) is 46.5 Å². The van der Waals surface area contributed by atoms with E-state index >= 15 is 0 Å². The van der Waals surface area contributed by atoms with Gasteiger partial charge in [-0.25, -0.2) is 4.79 Å². The van der Waals surface area contributed by atoms with E-state index in [0.717, 1.165) is 29.4 Å². The van der Waals surface area contributed by atoms with Crippen molar-refractivity contribution in [3.05, 3.63) is 35.4 Å². The summed E-state index contributed by atoms with van der Waals surface area (Å²) >= 11 is 0. The van der Waals surface area contributed by atoms with Gasteiger partial charge in [-0.15, -0.1) is 0 Å². The molecule has 1 heterocycles. The molecule has 2 rings (SSSR count). The molecule has 1 aliphatic rings. The van der Waals surface area contributed by atoms with Crippen LogP contribution in [0.2, 0.25) is 0 Å². The Balaban J connectivity index is 2.35. The van der Waals surface area contributed by atoms with E-state index in [1.54, 1.807) is 6.08 Å². The van der Waals surface area contributed by atoms with Crippen LogP contribution in [0.15, 0.2) is 24.3 Å². The number of carboxylic acids is 1. The molecule has 0 saturated carbocycles. The van der Waals surface area contributed by atoms with Crippen LogP contribution in [-0.4, -0.2) is 17.7 Å². The minimum Gasteiger partial charge on any atom is -0.493 e. The molecule has 0 unspecified atom stereocenters. The molecule has 0 aromatic heterocycles. The quantitative estimate of drug-likeness (QED) is 0.722. The van der Waals surface area contributed by atoms with E-state index in [1.807, 2.05) is 18.2 Å². The van der Waals surface area contributed by atoms with Gasteiger partial charge in [-0.05, 0) is 17.7 Å². The Morgan fingerprint density at radius 2 is 2.36 bits per heavy atom. The molecule has 72 valence electrons. The fraction of sp³-hybridized carbons (Fsp3) is 0.182. The zero-order valence-corrected chi connectivity index (χ0v) is 7.56. The number of rotatable bonds is 2. The highest BCUT2D eigenvalue weighted by atomic mass is 16.5. The first-order valence-corrected chi connectivity index (χ1v) is 4.43. The van der Waals surface area contributed by atoms with Gasteiger partial charge in [0.15, 0.2) is 0 Å². The highest BCUT2D eigenvalue weighted by Gasteiger charge is 2.13. The fourth-order valence-corrected chi connectivity index (χ4v) is 1.57. The lowest BCUT2D eigenvalue weighted by Gasteiger charge is -2.00. The SMILES string of the molecule is O=C(O)C=Cc1cccc2c1CCO2. The van der Waals surface area contributed by atoms with Crippen LogP contribution >= 0.6 is 0 Å². The molecule has 0 atom stereocenters. The maximum atomic E-state index is 10.4. The van der Waals surface area contributed by atoms with Crippen molar-refractivity contribution in [3.63, 3.8) is 0 Å². The van der Waals surface area contributed by atoms with Gasteiger partial charge in [-0.2, -0.15) is 0 Å². The third kappa shape index (κ3) is 1.62. The second-order valence-electron chi connectivity index (χ2n) is 3.09. The van der Waals surface area contributed by atoms with Gasteiger partial charge in [-0.3, -0.25) is 0 Å². The minimum atomic E-state index is -0.929. The first-order valence-electron chi connectivity index (χ1n) is 4.43. The average Bonchev–Trinajstić information content (AvgIpc) is 2.62. The lowest BCUT2D eigenvalue weighted by Crippen LogP contribution is -1.88. The van der Waals surface area contributed by atoms with Gasteiger partial charge >= 0.3 is 5.97 Å². The second kappa shape index (κ2) is 3.54. The molecule has 14 heavy (non-hydrogen) atoms. The second-order valence-corrected chi connectivity index (χ2v) is 3.09. The first kappa shape index (κ1) is 8.81. The molecule has 0 fully saturated rings. The number of hydrogen-bond donors (Lipinski definition) is 1. The summed E-state index contributed by atoms with van der Waals surface area (Å²) in [4.78, 5) is 10.4. The van der Waals surface area contributed by atoms with E-state index in [9.17, 15) is 4.79 Å². The van der Waals surface area contributed by atoms with Crippen molar-refractivity contribution in [2.45, 2.75) is 6.42 Å². The van der Waals surface area contributed by atoms with Crippen molar-refractivity contribution in [1.82, 2.24) is 0 Å². The number of benzene rings is 1. The largest absolute Gasteiger partial charge is 0.493 e. The summed E-state index contributed by atoms with van der Waals surface area (Å²) in [7, 11) is 0. The maximum Gasteiger partial charge on any atom is 0.328 e. The Morgan fingerprint density at radius 3 is 3.14 bits per heavy atom. The van der Waals surface area contributed by atoms with E-state index in [-0.39, 0.29) is 0 Å². The Morgan fingerprint density at radius 1 is 1.50 bits per heavy atom. The van der Waals surface area contributed by atoms with E-state index < -0.39 is 5.97 Å². The van der Waals surface area contributed by atoms with Crippen molar-refractivity contribution in [1.29, 1.82) is 0 Å². The third-order valence-corrected chi connectivity index (χ3v) is 2.18. The summed E-state index contributed by atoms with van der Waals surface area (Å²) in [6.07, 6.45) is 3.61. The number of carbonyl (C=O) groups is 1. The summed E-state index contributed by atoms with van der Waals surface area (Å²) in [6, 6.07) is 5.67. The molecule has 0 aliphatic carbocycles. The van der Waals surface area contributed by atoms with Crippen LogP contribution in [0.3, 0.4) is 0 Å². The molecule has 1 aromatic rings. The lowest BCUT2D eigenvalue weighted by atomic mass is 10.0. The minimum absolute atomic E-state index is 0.688. The van der Waals surface area contributed by atoms with Crippen LogP contribution in [0.4, 0.5) is 0 Å². The zero-order chi connectivity index (χ0) is 9.97. The fourth-order valence-electron chi connectivity index (χ4n) is 1.57. The predicted octanol–water partition coefficient (Wildman–Crippen LogP) is 1.72. The Hall–Kier alpha value is -1.77. The highest BCUT2D eigenvalue weighted by molar-refractivity contribution is 5.85. The molecular weight excluding hydrogens is 180 g/mol. The average molecular weight is 190 g/mol. The Bertz CT molecular complexity index is 394. The van der Waals surface area contributed by atoms with E-state index in [2.05, 4.69) is 0 Å². The summed E-state index contributed by atoms with van der Waals surface area (Å²) in [5.74, 6) is -0.0564. The van der Waals surface area contributed by atoms with Crippen LogP contribution in [0.25, 0.3) is 6.08 Å². The van der Waals surface area contributed by atoms with Crippen molar-refractivity contribution in [2.75, 3.05) is 6.61 Å². The van der Waals surface area contributed by atoms with Crippen LogP contribution in [0.5, 0.6) is 5.75 Å². The summed E-state index contributed by atoms with van der Waals surface area (Å²) in [5, 5.41) is 8.51. The molecule has 0 spiro atoms. The standard InChI is InChI=1S/C11H10O3/c12-11(13)5-4-8-2-1-3-10-9(8)6-7-14-10/h1-5H,6-7H2,(H,12,13). The number of carboxylic acid groups (broad SMARTS) is 1. The van der Waals surface area contributed by atoms with Gasteiger partial charge in [0, 0.05) is 18.1 Å². The van der Waals surface area contributed by atoms with Crippen molar-refractivity contribution >= 4 is 12.0 Å². The van der Waals surface area contributed by atoms with Gasteiger partial charge < -0.3 is 9.84 Å². The molecule has 3 nitrogen and oxygen atoms in total. The Kier molecular flexibility index (Phi) is 2.23. The summed E-state index contributed by atoms with van der Waals surface area (Å²) in [6.45, 7) is 0.688. The molecule has 0 amide bonds. The molecule has 1 aromatic carbocycles. The molecule has 1 N–H and O–H groups in total. The Labute approximate surface area is 81.6 Å². The normalized spacial score (nSPS) is 14.0. The van der Waals surface area contributed by atoms with Crippen molar-refractivity contribution in [3.8, 4) is 5.75 Å². The van der Waals surface area contributed by atoms with Gasteiger partial charge in [0.2, 0.25) is 0 Å². The lowest BCUT2D eigenvalue weighted by molar-refractivity contribution is -0.131. The van der Waals surface area contributed by atoms with Gasteiger partial charge in [0.1, 0.15) is 5.75 Å². The van der Waals surface area contributed by atoms with Crippen LogP contribution < -0.4 is 4.74 Å². The third-order valence-electron chi connectivity index (χ3n) is 2.18. The van der Waals surface area contributed by atoms with Gasteiger partial charge in [0.05, 0.1) is 6.61 Å². The molecule has 3 heteroatoms. The summed E-state index contributed by atoms with van der Waals surface area (Å²) in [5.41, 5.74) is 2.03. The van der Waals surface area contributed by atoms with E-state index in [0.29, 0.717) is 6.61 Å². The smallest absolute Gasteiger partial charge is 0.328 e. The van der Waals surface area contributed by atoms with Crippen LogP contribution in [-0.2, 0) is 11.2 Å². The number of fused-ring (bicyclic) bond motifs is 1. The highest BCUT2D eigenvalue weighted by Crippen LogP contribution is 2.28. The monoisotopic (exact) mass is 190 g/mol. The zero-order valence-electron chi connectivity index (χ0n) is 7.56. The van der Waals surface area contributed by atoms with Crippen molar-refractivity contribution in [2.24, 2.45) is 0 Å². The maximum absolute atomic E-state index is 10.4. The van der Waals surface area contributed by atoms with E-state index in [4.69, 9.17) is 9.84 Å². The number of ether oxygens (including phenoxy) is 1. The molecule has 0 radical (unpaired) electrons. The summed E-state index contributed by atoms with van der Waals surface area (Å²) < 4.78 is 5.36. The van der Waals surface area contributed by atoms with Crippen LogP contribution in [0, 0.1) is 0 Å². The predicted molar refractivity (Wildman–Crippen MR) is 52.3 cm³/mol. The van der Waals surface area contributed by atoms with Crippen molar-refractivity contribution < 1.29 is 14.6 Å². The number of hydrogen-bond acceptors (Lipinski definition) is 2. The molecule has 1 aliphatic heterocycles. The molecular formula is C11H10O3. The molecule has 0 bridgehead atoms. The van der Waals surface area contributed by atoms with E-state index in [1.165, 1.54) is 0 Å².